The largest absolute Gasteiger partial charge is 0.481 e. The highest BCUT2D eigenvalue weighted by Gasteiger charge is 2.15. The summed E-state index contributed by atoms with van der Waals surface area (Å²) in [6, 6.07) is 6.50. The van der Waals surface area contributed by atoms with Gasteiger partial charge in [-0.05, 0) is 36.5 Å². The number of carbonyl (C=O) groups is 1. The minimum absolute atomic E-state index is 0.257. The third-order valence-corrected chi connectivity index (χ3v) is 3.13. The van der Waals surface area contributed by atoms with E-state index >= 15 is 0 Å². The molecule has 86 valence electrons. The van der Waals surface area contributed by atoms with Crippen LogP contribution in [-0.2, 0) is 17.6 Å². The fourth-order valence-corrected chi connectivity index (χ4v) is 2.18. The highest BCUT2D eigenvalue weighted by molar-refractivity contribution is 5.66. The first kappa shape index (κ1) is 11.0. The Labute approximate surface area is 95.7 Å². The standard InChI is InChI=1S/C13H17NO2/c1-14-8-7-11-6-5-10(9-12(11)14)3-2-4-13(15)16/h5-6,9H,2-4,7-8H2,1H3,(H,15,16). The number of carboxylic acids is 1. The molecular weight excluding hydrogens is 202 g/mol. The number of likely N-dealkylation sites (N-methyl/N-ethyl adjacent to an activating group) is 1. The van der Waals surface area contributed by atoms with Crippen molar-refractivity contribution < 1.29 is 9.90 Å². The monoisotopic (exact) mass is 219 g/mol. The van der Waals surface area contributed by atoms with Gasteiger partial charge in [0.1, 0.15) is 0 Å². The summed E-state index contributed by atoms with van der Waals surface area (Å²) in [7, 11) is 2.10. The van der Waals surface area contributed by atoms with Gasteiger partial charge in [0, 0.05) is 25.7 Å². The second-order valence-corrected chi connectivity index (χ2v) is 4.38. The lowest BCUT2D eigenvalue weighted by Crippen LogP contribution is -2.12. The number of aliphatic carboxylic acids is 1. The highest BCUT2D eigenvalue weighted by Crippen LogP contribution is 2.27. The van der Waals surface area contributed by atoms with Gasteiger partial charge in [-0.15, -0.1) is 0 Å². The topological polar surface area (TPSA) is 40.5 Å². The zero-order valence-electron chi connectivity index (χ0n) is 9.57. The second-order valence-electron chi connectivity index (χ2n) is 4.38. The third kappa shape index (κ3) is 2.35. The van der Waals surface area contributed by atoms with E-state index in [4.69, 9.17) is 5.11 Å². The maximum Gasteiger partial charge on any atom is 0.303 e. The second kappa shape index (κ2) is 4.56. The number of fused-ring (bicyclic) bond motifs is 1. The van der Waals surface area contributed by atoms with Crippen molar-refractivity contribution in [1.82, 2.24) is 0 Å². The summed E-state index contributed by atoms with van der Waals surface area (Å²) < 4.78 is 0. The summed E-state index contributed by atoms with van der Waals surface area (Å²) in [4.78, 5) is 12.7. The summed E-state index contributed by atoms with van der Waals surface area (Å²) in [6.45, 7) is 1.09. The van der Waals surface area contributed by atoms with Crippen LogP contribution >= 0.6 is 0 Å². The van der Waals surface area contributed by atoms with Crippen molar-refractivity contribution in [2.45, 2.75) is 25.7 Å². The molecule has 0 amide bonds. The number of benzene rings is 1. The van der Waals surface area contributed by atoms with Crippen molar-refractivity contribution in [3.05, 3.63) is 29.3 Å². The zero-order chi connectivity index (χ0) is 11.5. The Balaban J connectivity index is 2.01. The summed E-state index contributed by atoms with van der Waals surface area (Å²) in [6.07, 6.45) is 2.96. The van der Waals surface area contributed by atoms with Gasteiger partial charge in [0.15, 0.2) is 0 Å². The average Bonchev–Trinajstić information content (AvgIpc) is 2.60. The van der Waals surface area contributed by atoms with Crippen LogP contribution in [0.4, 0.5) is 5.69 Å². The smallest absolute Gasteiger partial charge is 0.303 e. The number of anilines is 1. The Morgan fingerprint density at radius 3 is 3.06 bits per heavy atom. The molecule has 2 rings (SSSR count). The predicted octanol–water partition coefficient (Wildman–Crippen LogP) is 2.09. The van der Waals surface area contributed by atoms with E-state index in [1.807, 2.05) is 0 Å². The molecule has 1 N–H and O–H groups in total. The van der Waals surface area contributed by atoms with E-state index in [2.05, 4.69) is 30.1 Å². The van der Waals surface area contributed by atoms with Crippen LogP contribution in [0.25, 0.3) is 0 Å². The van der Waals surface area contributed by atoms with Crippen LogP contribution in [0.5, 0.6) is 0 Å². The molecule has 0 aliphatic carbocycles. The number of carboxylic acid groups (broad SMARTS) is 1. The van der Waals surface area contributed by atoms with Gasteiger partial charge in [-0.2, -0.15) is 0 Å². The van der Waals surface area contributed by atoms with Crippen molar-refractivity contribution in [3.8, 4) is 0 Å². The lowest BCUT2D eigenvalue weighted by molar-refractivity contribution is -0.137. The quantitative estimate of drug-likeness (QED) is 0.843. The molecule has 0 spiro atoms. The van der Waals surface area contributed by atoms with Crippen LogP contribution in [0.3, 0.4) is 0 Å². The third-order valence-electron chi connectivity index (χ3n) is 3.13. The summed E-state index contributed by atoms with van der Waals surface area (Å²) >= 11 is 0. The molecule has 0 bridgehead atoms. The van der Waals surface area contributed by atoms with Gasteiger partial charge in [0.2, 0.25) is 0 Å². The van der Waals surface area contributed by atoms with E-state index in [0.717, 1.165) is 25.8 Å². The van der Waals surface area contributed by atoms with Crippen LogP contribution in [0.1, 0.15) is 24.0 Å². The summed E-state index contributed by atoms with van der Waals surface area (Å²) in [5, 5.41) is 8.58. The van der Waals surface area contributed by atoms with Crippen LogP contribution in [0.15, 0.2) is 18.2 Å². The molecule has 1 aliphatic rings. The van der Waals surface area contributed by atoms with Gasteiger partial charge < -0.3 is 10.0 Å². The molecule has 0 radical (unpaired) electrons. The normalized spacial score (nSPS) is 13.9. The lowest BCUT2D eigenvalue weighted by Gasteiger charge is -2.12. The summed E-state index contributed by atoms with van der Waals surface area (Å²) in [5.41, 5.74) is 3.96. The molecular formula is C13H17NO2. The fourth-order valence-electron chi connectivity index (χ4n) is 2.18. The average molecular weight is 219 g/mol. The Bertz CT molecular complexity index is 401. The molecule has 0 aromatic heterocycles. The van der Waals surface area contributed by atoms with Crippen molar-refractivity contribution in [3.63, 3.8) is 0 Å². The first-order valence-corrected chi connectivity index (χ1v) is 5.71. The van der Waals surface area contributed by atoms with Gasteiger partial charge in [0.05, 0.1) is 0 Å². The molecule has 0 unspecified atom stereocenters. The minimum Gasteiger partial charge on any atom is -0.481 e. The van der Waals surface area contributed by atoms with Crippen molar-refractivity contribution in [2.24, 2.45) is 0 Å². The van der Waals surface area contributed by atoms with E-state index < -0.39 is 5.97 Å². The van der Waals surface area contributed by atoms with Crippen molar-refractivity contribution >= 4 is 11.7 Å². The van der Waals surface area contributed by atoms with Crippen molar-refractivity contribution in [2.75, 3.05) is 18.5 Å². The molecule has 1 aromatic carbocycles. The molecule has 3 nitrogen and oxygen atoms in total. The molecule has 3 heteroatoms. The molecule has 0 saturated carbocycles. The zero-order valence-corrected chi connectivity index (χ0v) is 9.57. The first-order chi connectivity index (χ1) is 7.66. The molecule has 1 heterocycles. The molecule has 1 aliphatic heterocycles. The number of nitrogens with zero attached hydrogens (tertiary/aromatic N) is 1. The number of hydrogen-bond donors (Lipinski definition) is 1. The van der Waals surface area contributed by atoms with E-state index in [0.29, 0.717) is 0 Å². The number of rotatable bonds is 4. The van der Waals surface area contributed by atoms with Crippen molar-refractivity contribution in [1.29, 1.82) is 0 Å². The van der Waals surface area contributed by atoms with Gasteiger partial charge >= 0.3 is 5.97 Å². The van der Waals surface area contributed by atoms with Gasteiger partial charge in [-0.1, -0.05) is 12.1 Å². The maximum atomic E-state index is 10.4. The van der Waals surface area contributed by atoms with E-state index in [1.165, 1.54) is 16.8 Å². The van der Waals surface area contributed by atoms with Gasteiger partial charge in [0.25, 0.3) is 0 Å². The number of aryl methyl sites for hydroxylation is 1. The highest BCUT2D eigenvalue weighted by atomic mass is 16.4. The molecule has 1 aromatic rings. The van der Waals surface area contributed by atoms with Gasteiger partial charge in [-0.25, -0.2) is 0 Å². The van der Waals surface area contributed by atoms with E-state index in [9.17, 15) is 4.79 Å². The molecule has 16 heavy (non-hydrogen) atoms. The Morgan fingerprint density at radius 2 is 2.31 bits per heavy atom. The molecule has 0 saturated heterocycles. The Kier molecular flexibility index (Phi) is 3.13. The lowest BCUT2D eigenvalue weighted by atomic mass is 10.0. The minimum atomic E-state index is -0.710. The molecule has 0 atom stereocenters. The molecule has 0 fully saturated rings. The fraction of sp³-hybridized carbons (Fsp3) is 0.462. The van der Waals surface area contributed by atoms with Crippen LogP contribution in [0, 0.1) is 0 Å². The first-order valence-electron chi connectivity index (χ1n) is 5.71. The summed E-state index contributed by atoms with van der Waals surface area (Å²) in [5.74, 6) is -0.710. The van der Waals surface area contributed by atoms with E-state index in [-0.39, 0.29) is 6.42 Å². The Hall–Kier alpha value is -1.51. The van der Waals surface area contributed by atoms with Crippen LogP contribution in [0.2, 0.25) is 0 Å². The number of hydrogen-bond acceptors (Lipinski definition) is 2. The van der Waals surface area contributed by atoms with E-state index in [1.54, 1.807) is 0 Å². The maximum absolute atomic E-state index is 10.4. The Morgan fingerprint density at radius 1 is 1.50 bits per heavy atom. The predicted molar refractivity (Wildman–Crippen MR) is 64.0 cm³/mol. The van der Waals surface area contributed by atoms with Crippen LogP contribution in [-0.4, -0.2) is 24.7 Å². The SMILES string of the molecule is CN1CCc2ccc(CCCC(=O)O)cc21. The van der Waals surface area contributed by atoms with Crippen LogP contribution < -0.4 is 4.90 Å². The van der Waals surface area contributed by atoms with Gasteiger partial charge in [-0.3, -0.25) is 4.79 Å².